The lowest BCUT2D eigenvalue weighted by Gasteiger charge is -2.29. The minimum absolute atomic E-state index is 0.543. The van der Waals surface area contributed by atoms with Gasteiger partial charge in [0.2, 0.25) is 0 Å². The zero-order valence-electron chi connectivity index (χ0n) is 13.5. The fourth-order valence-corrected chi connectivity index (χ4v) is 3.72. The Morgan fingerprint density at radius 1 is 1.00 bits per heavy atom. The minimum Gasteiger partial charge on any atom is -0.497 e. The molecular weight excluding hydrogens is 258 g/mol. The first-order valence-corrected chi connectivity index (χ1v) is 8.68. The van der Waals surface area contributed by atoms with Crippen LogP contribution < -0.4 is 10.1 Å². The van der Waals surface area contributed by atoms with E-state index in [2.05, 4.69) is 36.5 Å². The van der Waals surface area contributed by atoms with Crippen molar-refractivity contribution >= 4 is 0 Å². The summed E-state index contributed by atoms with van der Waals surface area (Å²) in [6, 6.07) is 9.93. The van der Waals surface area contributed by atoms with Crippen LogP contribution >= 0.6 is 0 Å². The van der Waals surface area contributed by atoms with Gasteiger partial charge in [-0.3, -0.25) is 0 Å². The van der Waals surface area contributed by atoms with E-state index in [1.54, 1.807) is 7.11 Å². The highest BCUT2D eigenvalue weighted by Crippen LogP contribution is 2.42. The molecule has 0 saturated heterocycles. The van der Waals surface area contributed by atoms with E-state index < -0.39 is 0 Å². The van der Waals surface area contributed by atoms with Gasteiger partial charge in [-0.2, -0.15) is 0 Å². The lowest BCUT2D eigenvalue weighted by atomic mass is 9.93. The van der Waals surface area contributed by atoms with Gasteiger partial charge in [-0.15, -0.1) is 0 Å². The first-order chi connectivity index (χ1) is 10.3. The van der Waals surface area contributed by atoms with Crippen molar-refractivity contribution in [1.29, 1.82) is 0 Å². The zero-order valence-corrected chi connectivity index (χ0v) is 13.5. The molecule has 21 heavy (non-hydrogen) atoms. The Morgan fingerprint density at radius 2 is 1.71 bits per heavy atom. The van der Waals surface area contributed by atoms with Crippen LogP contribution in [0.5, 0.6) is 5.75 Å². The Kier molecular flexibility index (Phi) is 4.84. The fourth-order valence-electron chi connectivity index (χ4n) is 3.72. The van der Waals surface area contributed by atoms with Crippen molar-refractivity contribution in [1.82, 2.24) is 5.32 Å². The second-order valence-corrected chi connectivity index (χ2v) is 6.98. The standard InChI is InChI=1S/C19H29NO/c1-14-6-4-3-5-7-18(14)20-19(15-8-9-15)16-10-12-17(21-2)13-11-16/h10-15,18-20H,3-9H2,1-2H3. The third kappa shape index (κ3) is 3.79. The maximum Gasteiger partial charge on any atom is 0.118 e. The minimum atomic E-state index is 0.543. The number of ether oxygens (including phenoxy) is 1. The molecule has 2 fully saturated rings. The summed E-state index contributed by atoms with van der Waals surface area (Å²) in [5.41, 5.74) is 1.44. The smallest absolute Gasteiger partial charge is 0.118 e. The first kappa shape index (κ1) is 14.9. The van der Waals surface area contributed by atoms with Crippen molar-refractivity contribution in [3.05, 3.63) is 29.8 Å². The van der Waals surface area contributed by atoms with Gasteiger partial charge in [0.05, 0.1) is 7.11 Å². The predicted octanol–water partition coefficient (Wildman–Crippen LogP) is 4.70. The van der Waals surface area contributed by atoms with Gasteiger partial charge in [0.15, 0.2) is 0 Å². The van der Waals surface area contributed by atoms with Crippen LogP contribution in [0.3, 0.4) is 0 Å². The van der Waals surface area contributed by atoms with Crippen LogP contribution in [0, 0.1) is 11.8 Å². The van der Waals surface area contributed by atoms with Crippen LogP contribution in [-0.2, 0) is 0 Å². The van der Waals surface area contributed by atoms with E-state index in [4.69, 9.17) is 4.74 Å². The number of nitrogens with one attached hydrogen (secondary N) is 1. The highest BCUT2D eigenvalue weighted by Gasteiger charge is 2.34. The number of rotatable bonds is 5. The summed E-state index contributed by atoms with van der Waals surface area (Å²) in [5, 5.41) is 4.02. The van der Waals surface area contributed by atoms with Crippen molar-refractivity contribution in [3.8, 4) is 5.75 Å². The van der Waals surface area contributed by atoms with Crippen molar-refractivity contribution in [2.75, 3.05) is 7.11 Å². The highest BCUT2D eigenvalue weighted by molar-refractivity contribution is 5.30. The number of methoxy groups -OCH3 is 1. The molecule has 2 heteroatoms. The lowest BCUT2D eigenvalue weighted by molar-refractivity contribution is 0.307. The number of hydrogen-bond donors (Lipinski definition) is 1. The van der Waals surface area contributed by atoms with Gasteiger partial charge in [0.25, 0.3) is 0 Å². The molecule has 0 spiro atoms. The molecule has 3 rings (SSSR count). The molecule has 0 heterocycles. The van der Waals surface area contributed by atoms with Crippen LogP contribution in [0.4, 0.5) is 0 Å². The van der Waals surface area contributed by atoms with Crippen molar-refractivity contribution in [2.24, 2.45) is 11.8 Å². The summed E-state index contributed by atoms with van der Waals surface area (Å²) in [5.74, 6) is 2.61. The maximum atomic E-state index is 5.29. The Morgan fingerprint density at radius 3 is 2.38 bits per heavy atom. The maximum absolute atomic E-state index is 5.29. The Balaban J connectivity index is 1.71. The third-order valence-corrected chi connectivity index (χ3v) is 5.32. The Hall–Kier alpha value is -1.02. The van der Waals surface area contributed by atoms with Crippen molar-refractivity contribution in [3.63, 3.8) is 0 Å². The largest absolute Gasteiger partial charge is 0.497 e. The second kappa shape index (κ2) is 6.83. The monoisotopic (exact) mass is 287 g/mol. The molecule has 0 aromatic heterocycles. The molecule has 2 aliphatic carbocycles. The summed E-state index contributed by atoms with van der Waals surface area (Å²) in [4.78, 5) is 0. The SMILES string of the molecule is COc1ccc(C(NC2CCCCCC2C)C2CC2)cc1. The molecule has 3 unspecified atom stereocenters. The van der Waals surface area contributed by atoms with Gasteiger partial charge < -0.3 is 10.1 Å². The number of benzene rings is 1. The van der Waals surface area contributed by atoms with Crippen LogP contribution in [-0.4, -0.2) is 13.2 Å². The highest BCUT2D eigenvalue weighted by atomic mass is 16.5. The molecule has 2 nitrogen and oxygen atoms in total. The molecule has 0 amide bonds. The number of hydrogen-bond acceptors (Lipinski definition) is 2. The molecule has 1 aromatic carbocycles. The van der Waals surface area contributed by atoms with Crippen LogP contribution in [0.2, 0.25) is 0 Å². The average molecular weight is 287 g/mol. The van der Waals surface area contributed by atoms with Gasteiger partial charge in [-0.25, -0.2) is 0 Å². The molecule has 2 saturated carbocycles. The van der Waals surface area contributed by atoms with E-state index in [-0.39, 0.29) is 0 Å². The molecule has 0 aliphatic heterocycles. The molecule has 0 radical (unpaired) electrons. The van der Waals surface area contributed by atoms with Gasteiger partial charge in [-0.05, 0) is 55.2 Å². The zero-order chi connectivity index (χ0) is 14.7. The van der Waals surface area contributed by atoms with E-state index in [1.165, 1.54) is 50.5 Å². The molecule has 3 atom stereocenters. The van der Waals surface area contributed by atoms with Gasteiger partial charge >= 0.3 is 0 Å². The Labute approximate surface area is 129 Å². The van der Waals surface area contributed by atoms with E-state index in [1.807, 2.05) is 0 Å². The van der Waals surface area contributed by atoms with Crippen LogP contribution in [0.25, 0.3) is 0 Å². The summed E-state index contributed by atoms with van der Waals surface area (Å²) in [7, 11) is 1.73. The van der Waals surface area contributed by atoms with Crippen molar-refractivity contribution in [2.45, 2.75) is 64.0 Å². The fraction of sp³-hybridized carbons (Fsp3) is 0.684. The summed E-state index contributed by atoms with van der Waals surface area (Å²) >= 11 is 0. The molecule has 0 bridgehead atoms. The molecule has 116 valence electrons. The van der Waals surface area contributed by atoms with E-state index in [9.17, 15) is 0 Å². The molecule has 2 aliphatic rings. The molecular formula is C19H29NO. The van der Waals surface area contributed by atoms with Gasteiger partial charge in [0.1, 0.15) is 5.75 Å². The molecule has 1 N–H and O–H groups in total. The molecule has 1 aromatic rings. The van der Waals surface area contributed by atoms with Crippen molar-refractivity contribution < 1.29 is 4.74 Å². The van der Waals surface area contributed by atoms with E-state index in [0.29, 0.717) is 12.1 Å². The summed E-state index contributed by atoms with van der Waals surface area (Å²) in [6.07, 6.45) is 9.71. The third-order valence-electron chi connectivity index (χ3n) is 5.32. The van der Waals surface area contributed by atoms with E-state index in [0.717, 1.165) is 17.6 Å². The quantitative estimate of drug-likeness (QED) is 0.792. The van der Waals surface area contributed by atoms with Gasteiger partial charge in [0, 0.05) is 12.1 Å². The topological polar surface area (TPSA) is 21.3 Å². The summed E-state index contributed by atoms with van der Waals surface area (Å²) in [6.45, 7) is 2.43. The van der Waals surface area contributed by atoms with Gasteiger partial charge in [-0.1, -0.05) is 38.3 Å². The average Bonchev–Trinajstić information content (AvgIpc) is 3.34. The van der Waals surface area contributed by atoms with Crippen LogP contribution in [0.1, 0.15) is 63.5 Å². The second-order valence-electron chi connectivity index (χ2n) is 6.98. The Bertz CT molecular complexity index is 437. The van der Waals surface area contributed by atoms with E-state index >= 15 is 0 Å². The normalized spacial score (nSPS) is 27.9. The first-order valence-electron chi connectivity index (χ1n) is 8.68. The summed E-state index contributed by atoms with van der Waals surface area (Å²) < 4.78 is 5.29. The van der Waals surface area contributed by atoms with Crippen LogP contribution in [0.15, 0.2) is 24.3 Å². The lowest BCUT2D eigenvalue weighted by Crippen LogP contribution is -2.38. The predicted molar refractivity (Wildman–Crippen MR) is 87.6 cm³/mol.